The molecule has 20 heavy (non-hydrogen) atoms. The number of nitrogens with one attached hydrogen (secondary N) is 1. The van der Waals surface area contributed by atoms with Crippen molar-refractivity contribution >= 4 is 12.4 Å². The molecule has 3 heteroatoms. The lowest BCUT2D eigenvalue weighted by Crippen LogP contribution is -2.12. The Morgan fingerprint density at radius 2 is 1.85 bits per heavy atom. The zero-order valence-electron chi connectivity index (χ0n) is 11.5. The molecule has 1 aliphatic rings. The van der Waals surface area contributed by atoms with Crippen LogP contribution in [0.2, 0.25) is 0 Å². The van der Waals surface area contributed by atoms with Gasteiger partial charge < -0.3 is 5.32 Å². The lowest BCUT2D eigenvalue weighted by Gasteiger charge is -2.11. The zero-order valence-corrected chi connectivity index (χ0v) is 12.3. The van der Waals surface area contributed by atoms with E-state index in [0.29, 0.717) is 11.6 Å². The first-order chi connectivity index (χ1) is 9.24. The molecule has 1 nitrogen and oxygen atoms in total. The molecule has 2 aromatic rings. The van der Waals surface area contributed by atoms with Gasteiger partial charge in [-0.2, -0.15) is 0 Å². The Morgan fingerprint density at radius 1 is 1.10 bits per heavy atom. The number of rotatable bonds is 2. The van der Waals surface area contributed by atoms with E-state index in [-0.39, 0.29) is 18.2 Å². The van der Waals surface area contributed by atoms with Crippen molar-refractivity contribution < 1.29 is 4.39 Å². The summed E-state index contributed by atoms with van der Waals surface area (Å²) in [5.41, 5.74) is 3.87. The number of halogens is 2. The molecule has 1 aliphatic heterocycles. The van der Waals surface area contributed by atoms with Gasteiger partial charge in [0.1, 0.15) is 5.82 Å². The highest BCUT2D eigenvalue weighted by atomic mass is 35.5. The second-order valence-corrected chi connectivity index (χ2v) is 5.25. The van der Waals surface area contributed by atoms with Crippen LogP contribution >= 0.6 is 12.4 Å². The first kappa shape index (κ1) is 15.0. The van der Waals surface area contributed by atoms with Gasteiger partial charge in [0, 0.05) is 11.6 Å². The summed E-state index contributed by atoms with van der Waals surface area (Å²) in [5, 5.41) is 3.48. The van der Waals surface area contributed by atoms with Gasteiger partial charge in [-0.3, -0.25) is 0 Å². The van der Waals surface area contributed by atoms with Crippen molar-refractivity contribution in [2.24, 2.45) is 0 Å². The van der Waals surface area contributed by atoms with Crippen LogP contribution in [0.3, 0.4) is 0 Å². The fourth-order valence-corrected chi connectivity index (χ4v) is 2.72. The predicted molar refractivity (Wildman–Crippen MR) is 83.8 cm³/mol. The van der Waals surface area contributed by atoms with Crippen LogP contribution in [0.1, 0.15) is 30.0 Å². The third kappa shape index (κ3) is 3.02. The van der Waals surface area contributed by atoms with Crippen LogP contribution < -0.4 is 5.32 Å². The molecule has 0 spiro atoms. The first-order valence-electron chi connectivity index (χ1n) is 6.84. The van der Waals surface area contributed by atoms with Gasteiger partial charge in [0.05, 0.1) is 0 Å². The Bertz CT molecular complexity index is 574. The second kappa shape index (κ2) is 6.38. The summed E-state index contributed by atoms with van der Waals surface area (Å²) in [5.74, 6) is -0.147. The lowest BCUT2D eigenvalue weighted by atomic mass is 9.99. The molecule has 0 saturated carbocycles. The third-order valence-electron chi connectivity index (χ3n) is 3.81. The molecule has 0 radical (unpaired) electrons. The van der Waals surface area contributed by atoms with Crippen molar-refractivity contribution in [2.45, 2.75) is 25.8 Å². The van der Waals surface area contributed by atoms with Gasteiger partial charge in [0.2, 0.25) is 0 Å². The van der Waals surface area contributed by atoms with Crippen molar-refractivity contribution in [3.05, 3.63) is 59.4 Å². The summed E-state index contributed by atoms with van der Waals surface area (Å²) in [6.45, 7) is 3.00. The van der Waals surface area contributed by atoms with E-state index in [1.165, 1.54) is 18.4 Å². The number of benzene rings is 2. The maximum Gasteiger partial charge on any atom is 0.131 e. The molecule has 1 saturated heterocycles. The highest BCUT2D eigenvalue weighted by Crippen LogP contribution is 2.27. The van der Waals surface area contributed by atoms with E-state index < -0.39 is 0 Å². The minimum atomic E-state index is -0.147. The average molecular weight is 292 g/mol. The molecule has 1 atom stereocenters. The van der Waals surface area contributed by atoms with Gasteiger partial charge in [-0.15, -0.1) is 12.4 Å². The molecule has 1 N–H and O–H groups in total. The van der Waals surface area contributed by atoms with Gasteiger partial charge in [0.25, 0.3) is 0 Å². The van der Waals surface area contributed by atoms with Gasteiger partial charge >= 0.3 is 0 Å². The molecule has 106 valence electrons. The van der Waals surface area contributed by atoms with E-state index >= 15 is 0 Å². The van der Waals surface area contributed by atoms with Gasteiger partial charge in [-0.1, -0.05) is 36.4 Å². The van der Waals surface area contributed by atoms with Crippen molar-refractivity contribution in [1.82, 2.24) is 5.32 Å². The van der Waals surface area contributed by atoms with Crippen LogP contribution in [0, 0.1) is 12.7 Å². The maximum atomic E-state index is 13.9. The fraction of sp³-hybridized carbons (Fsp3) is 0.294. The SMILES string of the molecule is Cc1ccc(-c2ccc(C3CCCN3)cc2)c(F)c1.Cl. The summed E-state index contributed by atoms with van der Waals surface area (Å²) < 4.78 is 13.9. The molecule has 0 aliphatic carbocycles. The molecule has 0 bridgehead atoms. The Hall–Kier alpha value is -1.38. The molecule has 3 rings (SSSR count). The minimum absolute atomic E-state index is 0. The Labute approximate surface area is 125 Å². The monoisotopic (exact) mass is 291 g/mol. The lowest BCUT2D eigenvalue weighted by molar-refractivity contribution is 0.630. The molecule has 2 aromatic carbocycles. The molecule has 1 unspecified atom stereocenters. The van der Waals surface area contributed by atoms with Crippen molar-refractivity contribution in [1.29, 1.82) is 0 Å². The van der Waals surface area contributed by atoms with E-state index in [2.05, 4.69) is 17.4 Å². The Morgan fingerprint density at radius 3 is 2.45 bits per heavy atom. The normalized spacial score (nSPS) is 17.8. The van der Waals surface area contributed by atoms with Crippen molar-refractivity contribution in [2.75, 3.05) is 6.54 Å². The van der Waals surface area contributed by atoms with Crippen LogP contribution in [-0.2, 0) is 0 Å². The molecular formula is C17H19ClFN. The predicted octanol–water partition coefficient (Wildman–Crippen LogP) is 4.65. The average Bonchev–Trinajstić information content (AvgIpc) is 2.93. The third-order valence-corrected chi connectivity index (χ3v) is 3.81. The highest BCUT2D eigenvalue weighted by molar-refractivity contribution is 5.85. The van der Waals surface area contributed by atoms with E-state index in [1.54, 1.807) is 6.07 Å². The minimum Gasteiger partial charge on any atom is -0.310 e. The number of hydrogen-bond donors (Lipinski definition) is 1. The summed E-state index contributed by atoms with van der Waals surface area (Å²) >= 11 is 0. The molecule has 1 fully saturated rings. The van der Waals surface area contributed by atoms with Crippen LogP contribution in [0.15, 0.2) is 42.5 Å². The fourth-order valence-electron chi connectivity index (χ4n) is 2.72. The summed E-state index contributed by atoms with van der Waals surface area (Å²) in [7, 11) is 0. The van der Waals surface area contributed by atoms with Gasteiger partial charge in [-0.25, -0.2) is 4.39 Å². The number of aryl methyl sites for hydroxylation is 1. The zero-order chi connectivity index (χ0) is 13.2. The Kier molecular flexibility index (Phi) is 4.79. The van der Waals surface area contributed by atoms with Crippen molar-refractivity contribution in [3.63, 3.8) is 0 Å². The maximum absolute atomic E-state index is 13.9. The topological polar surface area (TPSA) is 12.0 Å². The molecule has 1 heterocycles. The standard InChI is InChI=1S/C17H18FN.ClH/c1-12-4-9-15(16(18)11-12)13-5-7-14(8-6-13)17-3-2-10-19-17;/h4-9,11,17,19H,2-3,10H2,1H3;1H. The molecule has 0 amide bonds. The summed E-state index contributed by atoms with van der Waals surface area (Å²) in [4.78, 5) is 0. The van der Waals surface area contributed by atoms with E-state index in [4.69, 9.17) is 0 Å². The van der Waals surface area contributed by atoms with E-state index in [0.717, 1.165) is 17.7 Å². The summed E-state index contributed by atoms with van der Waals surface area (Å²) in [6.07, 6.45) is 2.43. The van der Waals surface area contributed by atoms with Crippen LogP contribution in [-0.4, -0.2) is 6.54 Å². The van der Waals surface area contributed by atoms with E-state index in [1.807, 2.05) is 31.2 Å². The van der Waals surface area contributed by atoms with Crippen LogP contribution in [0.25, 0.3) is 11.1 Å². The van der Waals surface area contributed by atoms with Crippen LogP contribution in [0.4, 0.5) is 4.39 Å². The first-order valence-corrected chi connectivity index (χ1v) is 6.84. The van der Waals surface area contributed by atoms with Gasteiger partial charge in [-0.05, 0) is 49.1 Å². The van der Waals surface area contributed by atoms with Gasteiger partial charge in [0.15, 0.2) is 0 Å². The number of hydrogen-bond acceptors (Lipinski definition) is 1. The van der Waals surface area contributed by atoms with E-state index in [9.17, 15) is 4.39 Å². The molecular weight excluding hydrogens is 273 g/mol. The largest absolute Gasteiger partial charge is 0.310 e. The van der Waals surface area contributed by atoms with Crippen LogP contribution in [0.5, 0.6) is 0 Å². The molecule has 0 aromatic heterocycles. The quantitative estimate of drug-likeness (QED) is 0.849. The second-order valence-electron chi connectivity index (χ2n) is 5.25. The summed E-state index contributed by atoms with van der Waals surface area (Å²) in [6, 6.07) is 14.1. The van der Waals surface area contributed by atoms with Crippen molar-refractivity contribution in [3.8, 4) is 11.1 Å². The smallest absolute Gasteiger partial charge is 0.131 e. The Balaban J connectivity index is 0.00000147. The highest BCUT2D eigenvalue weighted by Gasteiger charge is 2.16.